The zero-order valence-electron chi connectivity index (χ0n) is 26.1. The van der Waals surface area contributed by atoms with Gasteiger partial charge in [0.25, 0.3) is 0 Å². The molecule has 0 spiro atoms. The van der Waals surface area contributed by atoms with Gasteiger partial charge in [-0.05, 0) is 63.5 Å². The number of alkyl carbamates (subject to hydrolysis) is 1. The Bertz CT molecular complexity index is 1310. The molecular formula is C32H45N7O6. The highest BCUT2D eigenvalue weighted by molar-refractivity contribution is 5.93. The van der Waals surface area contributed by atoms with Crippen molar-refractivity contribution in [3.05, 3.63) is 42.5 Å². The van der Waals surface area contributed by atoms with Gasteiger partial charge >= 0.3 is 12.1 Å². The lowest BCUT2D eigenvalue weighted by atomic mass is 10.0. The Kier molecular flexibility index (Phi) is 12.5. The van der Waals surface area contributed by atoms with E-state index >= 15 is 0 Å². The summed E-state index contributed by atoms with van der Waals surface area (Å²) in [4.78, 5) is 55.1. The Balaban J connectivity index is 1.54. The summed E-state index contributed by atoms with van der Waals surface area (Å²) in [5.74, 6) is -1.76. The normalized spacial score (nSPS) is 19.8. The molecule has 45 heavy (non-hydrogen) atoms. The van der Waals surface area contributed by atoms with Gasteiger partial charge in [0.15, 0.2) is 0 Å². The average molecular weight is 624 g/mol. The molecule has 13 heteroatoms. The number of aliphatic carboxylic acids is 1. The predicted octanol–water partition coefficient (Wildman–Crippen LogP) is 4.03. The summed E-state index contributed by atoms with van der Waals surface area (Å²) in [6, 6.07) is 5.83. The number of carboxylic acid groups (broad SMARTS) is 1. The third-order valence-electron chi connectivity index (χ3n) is 8.44. The van der Waals surface area contributed by atoms with Crippen molar-refractivity contribution in [3.8, 4) is 11.4 Å². The molecule has 0 radical (unpaired) electrons. The minimum atomic E-state index is -1.16. The monoisotopic (exact) mass is 623 g/mol. The Morgan fingerprint density at radius 3 is 2.51 bits per heavy atom. The van der Waals surface area contributed by atoms with Gasteiger partial charge in [-0.25, -0.2) is 9.59 Å². The number of hydrogen-bond donors (Lipinski definition) is 3. The zero-order valence-corrected chi connectivity index (χ0v) is 26.1. The van der Waals surface area contributed by atoms with E-state index in [1.165, 1.54) is 9.70 Å². The molecule has 0 unspecified atom stereocenters. The lowest BCUT2D eigenvalue weighted by Crippen LogP contribution is -2.55. The Morgan fingerprint density at radius 1 is 1.07 bits per heavy atom. The number of carbonyl (C=O) groups is 4. The first-order chi connectivity index (χ1) is 21.8. The highest BCUT2D eigenvalue weighted by Crippen LogP contribution is 2.29. The van der Waals surface area contributed by atoms with E-state index < -0.39 is 48.0 Å². The number of tetrazole rings is 1. The molecule has 1 aliphatic carbocycles. The number of aromatic nitrogens is 4. The summed E-state index contributed by atoms with van der Waals surface area (Å²) in [6.07, 6.45) is 11.0. The maximum absolute atomic E-state index is 14.2. The second-order valence-corrected chi connectivity index (χ2v) is 11.7. The third-order valence-corrected chi connectivity index (χ3v) is 8.44. The number of unbranched alkanes of at least 4 members (excludes halogenated alkanes) is 3. The molecular weight excluding hydrogens is 578 g/mol. The number of nitrogens with one attached hydrogen (secondary N) is 2. The molecule has 1 aromatic heterocycles. The van der Waals surface area contributed by atoms with Crippen LogP contribution in [0.4, 0.5) is 4.79 Å². The molecule has 1 saturated heterocycles. The highest BCUT2D eigenvalue weighted by Gasteiger charge is 2.44. The van der Waals surface area contributed by atoms with Crippen LogP contribution >= 0.6 is 0 Å². The molecule has 13 nitrogen and oxygen atoms in total. The van der Waals surface area contributed by atoms with Crippen LogP contribution in [0, 0.1) is 0 Å². The second-order valence-electron chi connectivity index (χ2n) is 11.7. The molecule has 4 atom stereocenters. The Labute approximate surface area is 263 Å². The van der Waals surface area contributed by atoms with Gasteiger partial charge in [-0.2, -0.15) is 4.80 Å². The minimum Gasteiger partial charge on any atom is -0.480 e. The lowest BCUT2D eigenvalue weighted by Gasteiger charge is -2.29. The molecule has 3 amide bonds. The van der Waals surface area contributed by atoms with Crippen molar-refractivity contribution in [3.63, 3.8) is 0 Å². The van der Waals surface area contributed by atoms with Crippen molar-refractivity contribution in [2.24, 2.45) is 0 Å². The maximum atomic E-state index is 14.2. The standard InChI is InChI=1S/C32H45N7O6/c1-3-5-6-7-8-12-19-26(34-32(44)45-24-17-13-14-18-24)30(41)38-21-23(20-27(38)29(40)33-25(4-2)31(42)43)39-36-28(35-37-39)22-15-10-9-11-16-22/h3,5,9-11,15-16,23-27H,4,6-8,12-14,17-21H2,1-2H3,(H,33,40)(H,34,44)(H,42,43)/b5-3-/t23-,25+,26+,27+/m1/s1. The average Bonchev–Trinajstić information content (AvgIpc) is 3.82. The van der Waals surface area contributed by atoms with Crippen LogP contribution in [0.25, 0.3) is 11.4 Å². The number of rotatable bonds is 15. The molecule has 2 aromatic rings. The summed E-state index contributed by atoms with van der Waals surface area (Å²) < 4.78 is 5.61. The van der Waals surface area contributed by atoms with E-state index in [2.05, 4.69) is 32.1 Å². The molecule has 1 saturated carbocycles. The maximum Gasteiger partial charge on any atom is 0.408 e. The van der Waals surface area contributed by atoms with Gasteiger partial charge in [-0.3, -0.25) is 9.59 Å². The van der Waals surface area contributed by atoms with E-state index in [-0.39, 0.29) is 25.5 Å². The molecule has 4 rings (SSSR count). The van der Waals surface area contributed by atoms with Crippen LogP contribution < -0.4 is 10.6 Å². The summed E-state index contributed by atoms with van der Waals surface area (Å²) in [5.41, 5.74) is 0.774. The van der Waals surface area contributed by atoms with Crippen molar-refractivity contribution >= 4 is 23.9 Å². The van der Waals surface area contributed by atoms with E-state index in [1.807, 2.05) is 43.3 Å². The first kappa shape index (κ1) is 33.6. The van der Waals surface area contributed by atoms with Crippen molar-refractivity contribution < 1.29 is 29.0 Å². The second kappa shape index (κ2) is 16.7. The van der Waals surface area contributed by atoms with Gasteiger partial charge in [0, 0.05) is 18.5 Å². The molecule has 3 N–H and O–H groups in total. The van der Waals surface area contributed by atoms with Gasteiger partial charge in [-0.15, -0.1) is 10.2 Å². The summed E-state index contributed by atoms with van der Waals surface area (Å²) in [6.45, 7) is 3.72. The fraction of sp³-hybridized carbons (Fsp3) is 0.594. The molecule has 1 aromatic carbocycles. The van der Waals surface area contributed by atoms with Crippen LogP contribution in [0.3, 0.4) is 0 Å². The number of likely N-dealkylation sites (tertiary alicyclic amines) is 1. The number of hydrogen-bond acceptors (Lipinski definition) is 8. The van der Waals surface area contributed by atoms with Crippen LogP contribution in [0.2, 0.25) is 0 Å². The quantitative estimate of drug-likeness (QED) is 0.196. The van der Waals surface area contributed by atoms with Crippen molar-refractivity contribution in [1.82, 2.24) is 35.7 Å². The Hall–Kier alpha value is -4.29. The fourth-order valence-electron chi connectivity index (χ4n) is 5.91. The molecule has 0 bridgehead atoms. The van der Waals surface area contributed by atoms with E-state index in [0.717, 1.165) is 50.5 Å². The van der Waals surface area contributed by atoms with Crippen molar-refractivity contribution in [2.75, 3.05) is 6.54 Å². The van der Waals surface area contributed by atoms with E-state index in [4.69, 9.17) is 4.74 Å². The number of benzene rings is 1. The smallest absolute Gasteiger partial charge is 0.408 e. The van der Waals surface area contributed by atoms with Crippen molar-refractivity contribution in [2.45, 2.75) is 115 Å². The van der Waals surface area contributed by atoms with Crippen LogP contribution in [-0.4, -0.2) is 84.9 Å². The molecule has 2 aliphatic rings. The van der Waals surface area contributed by atoms with Gasteiger partial charge in [0.05, 0.1) is 6.04 Å². The molecule has 2 fully saturated rings. The number of carbonyl (C=O) groups excluding carboxylic acids is 3. The van der Waals surface area contributed by atoms with E-state index in [9.17, 15) is 24.3 Å². The van der Waals surface area contributed by atoms with Crippen molar-refractivity contribution in [1.29, 1.82) is 0 Å². The largest absolute Gasteiger partial charge is 0.480 e. The predicted molar refractivity (Wildman–Crippen MR) is 166 cm³/mol. The topological polar surface area (TPSA) is 169 Å². The number of ether oxygens (including phenoxy) is 1. The van der Waals surface area contributed by atoms with Gasteiger partial charge in [0.1, 0.15) is 24.2 Å². The van der Waals surface area contributed by atoms with Crippen LogP contribution in [0.1, 0.15) is 90.5 Å². The molecule has 244 valence electrons. The van der Waals surface area contributed by atoms with Crippen LogP contribution in [0.15, 0.2) is 42.5 Å². The number of allylic oxidation sites excluding steroid dienone is 2. The number of amides is 3. The van der Waals surface area contributed by atoms with E-state index in [1.54, 1.807) is 6.92 Å². The fourth-order valence-corrected chi connectivity index (χ4v) is 5.91. The highest BCUT2D eigenvalue weighted by atomic mass is 16.6. The van der Waals surface area contributed by atoms with Gasteiger partial charge in [0.2, 0.25) is 17.6 Å². The molecule has 1 aliphatic heterocycles. The zero-order chi connectivity index (χ0) is 32.2. The minimum absolute atomic E-state index is 0.0858. The first-order valence-electron chi connectivity index (χ1n) is 16.1. The van der Waals surface area contributed by atoms with Crippen LogP contribution in [-0.2, 0) is 19.1 Å². The summed E-state index contributed by atoms with van der Waals surface area (Å²) in [5, 5.41) is 27.9. The first-order valence-corrected chi connectivity index (χ1v) is 16.1. The third kappa shape index (κ3) is 9.35. The van der Waals surface area contributed by atoms with Gasteiger partial charge < -0.3 is 25.4 Å². The lowest BCUT2D eigenvalue weighted by molar-refractivity contribution is -0.144. The summed E-state index contributed by atoms with van der Waals surface area (Å²) in [7, 11) is 0. The van der Waals surface area contributed by atoms with Crippen LogP contribution in [0.5, 0.6) is 0 Å². The molecule has 2 heterocycles. The van der Waals surface area contributed by atoms with Gasteiger partial charge in [-0.1, -0.05) is 62.2 Å². The van der Waals surface area contributed by atoms with E-state index in [0.29, 0.717) is 18.7 Å². The summed E-state index contributed by atoms with van der Waals surface area (Å²) >= 11 is 0. The SMILES string of the molecule is C/C=C\CCCCC[C@H](NC(=O)OC1CCCC1)C(=O)N1C[C@H](n2nnc(-c3ccccc3)n2)C[C@H]1C(=O)N[C@@H](CC)C(=O)O. The number of nitrogens with zero attached hydrogens (tertiary/aromatic N) is 5. The Morgan fingerprint density at radius 2 is 1.82 bits per heavy atom. The number of carboxylic acids is 1.